The predicted octanol–water partition coefficient (Wildman–Crippen LogP) is 2.09. The van der Waals surface area contributed by atoms with E-state index in [4.69, 9.17) is 29.6 Å². The lowest BCUT2D eigenvalue weighted by atomic mass is 10.1. The van der Waals surface area contributed by atoms with E-state index in [1.54, 1.807) is 12.4 Å². The van der Waals surface area contributed by atoms with Crippen molar-refractivity contribution in [1.82, 2.24) is 9.88 Å². The Morgan fingerprint density at radius 1 is 1.69 bits per heavy atom. The minimum atomic E-state index is 0.209. The highest BCUT2D eigenvalue weighted by Gasteiger charge is 2.10. The minimum Gasteiger partial charge on any atom is -0.393 e. The van der Waals surface area contributed by atoms with E-state index in [-0.39, 0.29) is 5.92 Å². The molecule has 88 valence electrons. The van der Waals surface area contributed by atoms with Crippen LogP contribution in [0.1, 0.15) is 12.5 Å². The highest BCUT2D eigenvalue weighted by Crippen LogP contribution is 2.15. The van der Waals surface area contributed by atoms with Gasteiger partial charge in [-0.2, -0.15) is 0 Å². The highest BCUT2D eigenvalue weighted by molar-refractivity contribution is 7.80. The van der Waals surface area contributed by atoms with Crippen LogP contribution in [0.5, 0.6) is 0 Å². The highest BCUT2D eigenvalue weighted by atomic mass is 35.5. The van der Waals surface area contributed by atoms with Crippen LogP contribution in [0.15, 0.2) is 18.5 Å². The molecule has 1 heterocycles. The van der Waals surface area contributed by atoms with Crippen molar-refractivity contribution in [3.8, 4) is 0 Å². The van der Waals surface area contributed by atoms with E-state index in [0.717, 1.165) is 18.7 Å². The maximum Gasteiger partial charge on any atom is 0.0768 e. The number of hydrogen-bond acceptors (Lipinski definition) is 3. The van der Waals surface area contributed by atoms with Gasteiger partial charge >= 0.3 is 0 Å². The van der Waals surface area contributed by atoms with Gasteiger partial charge in [-0.25, -0.2) is 0 Å². The standard InChI is InChI=1S/C11H16ClN3S/c1-8(11(13)16)6-15(2)7-9-3-4-14-5-10(9)12/h3-5,8H,6-7H2,1-2H3,(H2,13,16). The van der Waals surface area contributed by atoms with Gasteiger partial charge < -0.3 is 10.6 Å². The molecule has 0 aliphatic heterocycles. The van der Waals surface area contributed by atoms with E-state index in [0.29, 0.717) is 10.0 Å². The Labute approximate surface area is 107 Å². The SMILES string of the molecule is CC(CN(C)Cc1ccncc1Cl)C(N)=S. The molecule has 0 bridgehead atoms. The molecule has 0 saturated carbocycles. The van der Waals surface area contributed by atoms with E-state index in [1.165, 1.54) is 0 Å². The van der Waals surface area contributed by atoms with E-state index in [9.17, 15) is 0 Å². The summed E-state index contributed by atoms with van der Waals surface area (Å²) in [6.45, 7) is 3.62. The molecule has 0 fully saturated rings. The van der Waals surface area contributed by atoms with Crippen LogP contribution in [-0.4, -0.2) is 28.5 Å². The summed E-state index contributed by atoms with van der Waals surface area (Å²) in [6.07, 6.45) is 3.40. The summed E-state index contributed by atoms with van der Waals surface area (Å²) in [5.74, 6) is 0.209. The number of rotatable bonds is 5. The lowest BCUT2D eigenvalue weighted by molar-refractivity contribution is 0.307. The van der Waals surface area contributed by atoms with Crippen molar-refractivity contribution in [2.45, 2.75) is 13.5 Å². The smallest absolute Gasteiger partial charge is 0.0768 e. The Hall–Kier alpha value is -0.710. The summed E-state index contributed by atoms with van der Waals surface area (Å²) in [6, 6.07) is 1.92. The number of halogens is 1. The molecule has 2 N–H and O–H groups in total. The van der Waals surface area contributed by atoms with E-state index in [1.807, 2.05) is 20.0 Å². The molecule has 5 heteroatoms. The van der Waals surface area contributed by atoms with Crippen LogP contribution in [-0.2, 0) is 6.54 Å². The summed E-state index contributed by atoms with van der Waals surface area (Å²) in [5, 5.41) is 0.692. The Morgan fingerprint density at radius 3 is 2.94 bits per heavy atom. The molecule has 0 radical (unpaired) electrons. The van der Waals surface area contributed by atoms with E-state index < -0.39 is 0 Å². The Bertz CT molecular complexity index is 370. The van der Waals surface area contributed by atoms with Crippen molar-refractivity contribution in [2.75, 3.05) is 13.6 Å². The average Bonchev–Trinajstić information content (AvgIpc) is 2.21. The molecule has 1 unspecified atom stereocenters. The van der Waals surface area contributed by atoms with Gasteiger partial charge in [0.1, 0.15) is 0 Å². The maximum atomic E-state index is 6.03. The third-order valence-electron chi connectivity index (χ3n) is 2.37. The predicted molar refractivity (Wildman–Crippen MR) is 71.5 cm³/mol. The molecule has 0 spiro atoms. The van der Waals surface area contributed by atoms with Crippen LogP contribution in [0.4, 0.5) is 0 Å². The molecular formula is C11H16ClN3S. The van der Waals surface area contributed by atoms with Crippen LogP contribution in [0.25, 0.3) is 0 Å². The monoisotopic (exact) mass is 257 g/mol. The third kappa shape index (κ3) is 4.04. The van der Waals surface area contributed by atoms with Crippen LogP contribution in [0, 0.1) is 5.92 Å². The molecule has 16 heavy (non-hydrogen) atoms. The third-order valence-corrected chi connectivity index (χ3v) is 3.11. The van der Waals surface area contributed by atoms with Crippen LogP contribution in [0.2, 0.25) is 5.02 Å². The molecule has 1 aromatic heterocycles. The quantitative estimate of drug-likeness (QED) is 0.821. The molecular weight excluding hydrogens is 242 g/mol. The molecule has 0 aliphatic rings. The van der Waals surface area contributed by atoms with Crippen molar-refractivity contribution >= 4 is 28.8 Å². The topological polar surface area (TPSA) is 42.2 Å². The van der Waals surface area contributed by atoms with Gasteiger partial charge in [-0.3, -0.25) is 4.98 Å². The summed E-state index contributed by atoms with van der Waals surface area (Å²) >= 11 is 11.0. The fraction of sp³-hybridized carbons (Fsp3) is 0.455. The average molecular weight is 258 g/mol. The second-order valence-electron chi connectivity index (χ2n) is 3.97. The van der Waals surface area contributed by atoms with Gasteiger partial charge in [0, 0.05) is 31.4 Å². The molecule has 1 aromatic rings. The van der Waals surface area contributed by atoms with Gasteiger partial charge in [-0.15, -0.1) is 0 Å². The first-order chi connectivity index (χ1) is 7.50. The van der Waals surface area contributed by atoms with Crippen molar-refractivity contribution in [3.05, 3.63) is 29.0 Å². The van der Waals surface area contributed by atoms with Gasteiger partial charge in [-0.05, 0) is 18.7 Å². The van der Waals surface area contributed by atoms with Crippen molar-refractivity contribution in [1.29, 1.82) is 0 Å². The van der Waals surface area contributed by atoms with E-state index >= 15 is 0 Å². The second-order valence-corrected chi connectivity index (χ2v) is 4.85. The molecule has 0 saturated heterocycles. The first-order valence-corrected chi connectivity index (χ1v) is 5.85. The zero-order valence-corrected chi connectivity index (χ0v) is 11.1. The summed E-state index contributed by atoms with van der Waals surface area (Å²) in [7, 11) is 2.02. The Balaban J connectivity index is 2.55. The largest absolute Gasteiger partial charge is 0.393 e. The molecule has 3 nitrogen and oxygen atoms in total. The van der Waals surface area contributed by atoms with Crippen LogP contribution >= 0.6 is 23.8 Å². The number of thiocarbonyl (C=S) groups is 1. The first kappa shape index (κ1) is 13.4. The zero-order chi connectivity index (χ0) is 12.1. The summed E-state index contributed by atoms with van der Waals surface area (Å²) in [5.41, 5.74) is 6.64. The van der Waals surface area contributed by atoms with Gasteiger partial charge in [-0.1, -0.05) is 30.7 Å². The maximum absolute atomic E-state index is 6.03. The molecule has 1 rings (SSSR count). The molecule has 0 aromatic carbocycles. The molecule has 0 amide bonds. The number of nitrogens with two attached hydrogens (primary N) is 1. The second kappa shape index (κ2) is 6.13. The first-order valence-electron chi connectivity index (χ1n) is 5.07. The number of nitrogens with zero attached hydrogens (tertiary/aromatic N) is 2. The lowest BCUT2D eigenvalue weighted by Gasteiger charge is -2.20. The van der Waals surface area contributed by atoms with Gasteiger partial charge in [0.25, 0.3) is 0 Å². The fourth-order valence-corrected chi connectivity index (χ4v) is 1.70. The zero-order valence-electron chi connectivity index (χ0n) is 9.48. The van der Waals surface area contributed by atoms with Gasteiger partial charge in [0.15, 0.2) is 0 Å². The van der Waals surface area contributed by atoms with Crippen molar-refractivity contribution in [3.63, 3.8) is 0 Å². The molecule has 0 aliphatic carbocycles. The normalized spacial score (nSPS) is 12.8. The van der Waals surface area contributed by atoms with Crippen LogP contribution in [0.3, 0.4) is 0 Å². The van der Waals surface area contributed by atoms with E-state index in [2.05, 4.69) is 9.88 Å². The van der Waals surface area contributed by atoms with Crippen molar-refractivity contribution in [2.24, 2.45) is 11.7 Å². The molecule has 1 atom stereocenters. The van der Waals surface area contributed by atoms with Gasteiger partial charge in [0.2, 0.25) is 0 Å². The summed E-state index contributed by atoms with van der Waals surface area (Å²) < 4.78 is 0. The van der Waals surface area contributed by atoms with Crippen molar-refractivity contribution < 1.29 is 0 Å². The summed E-state index contributed by atoms with van der Waals surface area (Å²) in [4.78, 5) is 6.64. The Kier molecular flexibility index (Phi) is 5.12. The van der Waals surface area contributed by atoms with Crippen LogP contribution < -0.4 is 5.73 Å². The fourth-order valence-electron chi connectivity index (χ4n) is 1.45. The number of pyridine rings is 1. The number of aromatic nitrogens is 1. The van der Waals surface area contributed by atoms with Gasteiger partial charge in [0.05, 0.1) is 10.0 Å². The Morgan fingerprint density at radius 2 is 2.38 bits per heavy atom. The number of hydrogen-bond donors (Lipinski definition) is 1. The lowest BCUT2D eigenvalue weighted by Crippen LogP contribution is -2.31. The minimum absolute atomic E-state index is 0.209.